The summed E-state index contributed by atoms with van der Waals surface area (Å²) in [4.78, 5) is 5.19. The number of nitrogens with zero attached hydrogens (tertiary/aromatic N) is 1. The van der Waals surface area contributed by atoms with Gasteiger partial charge in [0.15, 0.2) is 0 Å². The van der Waals surface area contributed by atoms with Crippen molar-refractivity contribution in [3.05, 3.63) is 53.0 Å². The summed E-state index contributed by atoms with van der Waals surface area (Å²) >= 11 is 7.93. The molecule has 3 heterocycles. The number of hydrogen-bond donors (Lipinski definition) is 2. The van der Waals surface area contributed by atoms with E-state index >= 15 is 0 Å². The maximum absolute atomic E-state index is 11.4. The van der Waals surface area contributed by atoms with Crippen molar-refractivity contribution in [3.63, 3.8) is 0 Å². The standard InChI is InChI=1S/C21H21ClN2O5S2/c1-31(26,27)24-16-2-3-17(18(22)10-16)19-8-15(11-30-19)14-4-6-23-20(9-14)29-7-5-21(25)12-28-13-21/h2-4,6,8-11,24-25H,5,7,12-13H2,1H3. The van der Waals surface area contributed by atoms with Crippen LogP contribution in [0.4, 0.5) is 5.69 Å². The summed E-state index contributed by atoms with van der Waals surface area (Å²) in [7, 11) is -3.36. The lowest BCUT2D eigenvalue weighted by Crippen LogP contribution is -2.50. The minimum absolute atomic E-state index is 0.343. The van der Waals surface area contributed by atoms with E-state index in [0.717, 1.165) is 27.8 Å². The number of ether oxygens (including phenoxy) is 2. The van der Waals surface area contributed by atoms with Crippen molar-refractivity contribution < 1.29 is 23.0 Å². The second kappa shape index (κ2) is 8.76. The molecule has 1 aliphatic heterocycles. The number of nitrogens with one attached hydrogen (secondary N) is 1. The largest absolute Gasteiger partial charge is 0.478 e. The highest BCUT2D eigenvalue weighted by atomic mass is 35.5. The average molecular weight is 481 g/mol. The third-order valence-corrected chi connectivity index (χ3v) is 6.65. The van der Waals surface area contributed by atoms with E-state index in [1.807, 2.05) is 23.6 Å². The Morgan fingerprint density at radius 1 is 1.26 bits per heavy atom. The number of benzene rings is 1. The van der Waals surface area contributed by atoms with Crippen LogP contribution in [0.2, 0.25) is 5.02 Å². The summed E-state index contributed by atoms with van der Waals surface area (Å²) in [5, 5.41) is 12.5. The SMILES string of the molecule is CS(=O)(=O)Nc1ccc(-c2cc(-c3ccnc(OCCC4(O)COC4)c3)cs2)c(Cl)c1. The number of aromatic nitrogens is 1. The second-order valence-corrected chi connectivity index (χ2v) is 10.5. The summed E-state index contributed by atoms with van der Waals surface area (Å²) in [5.41, 5.74) is 2.39. The molecular formula is C21H21ClN2O5S2. The summed E-state index contributed by atoms with van der Waals surface area (Å²) in [5.74, 6) is 0.489. The van der Waals surface area contributed by atoms with E-state index in [0.29, 0.717) is 42.8 Å². The third-order valence-electron chi connectivity index (χ3n) is 4.76. The normalized spacial score (nSPS) is 15.3. The van der Waals surface area contributed by atoms with E-state index < -0.39 is 15.6 Å². The first-order chi connectivity index (χ1) is 14.7. The van der Waals surface area contributed by atoms with Crippen LogP contribution < -0.4 is 9.46 Å². The summed E-state index contributed by atoms with van der Waals surface area (Å²) < 4.78 is 36.0. The van der Waals surface area contributed by atoms with Gasteiger partial charge in [0.1, 0.15) is 5.60 Å². The Kier molecular flexibility index (Phi) is 6.23. The molecule has 1 aromatic carbocycles. The maximum atomic E-state index is 11.4. The predicted octanol–water partition coefficient (Wildman–Crippen LogP) is 4.03. The second-order valence-electron chi connectivity index (χ2n) is 7.47. The Bertz CT molecular complexity index is 1190. The van der Waals surface area contributed by atoms with Gasteiger partial charge in [-0.3, -0.25) is 4.72 Å². The van der Waals surface area contributed by atoms with Gasteiger partial charge in [-0.2, -0.15) is 0 Å². The first-order valence-corrected chi connectivity index (χ1v) is 12.6. The molecule has 0 atom stereocenters. The van der Waals surface area contributed by atoms with Gasteiger partial charge in [0, 0.05) is 34.8 Å². The average Bonchev–Trinajstić information content (AvgIpc) is 3.16. The molecule has 0 saturated carbocycles. The molecule has 3 aromatic rings. The monoisotopic (exact) mass is 480 g/mol. The number of halogens is 1. The predicted molar refractivity (Wildman–Crippen MR) is 122 cm³/mol. The number of sulfonamides is 1. The highest BCUT2D eigenvalue weighted by molar-refractivity contribution is 7.92. The highest BCUT2D eigenvalue weighted by Crippen LogP contribution is 2.37. The molecular weight excluding hydrogens is 460 g/mol. The van der Waals surface area contributed by atoms with E-state index in [2.05, 4.69) is 9.71 Å². The molecule has 31 heavy (non-hydrogen) atoms. The molecule has 1 saturated heterocycles. The van der Waals surface area contributed by atoms with E-state index in [4.69, 9.17) is 21.1 Å². The van der Waals surface area contributed by atoms with Crippen LogP contribution in [-0.4, -0.2) is 50.2 Å². The molecule has 2 N–H and O–H groups in total. The van der Waals surface area contributed by atoms with Crippen LogP contribution in [0.3, 0.4) is 0 Å². The number of pyridine rings is 1. The molecule has 2 aromatic heterocycles. The number of anilines is 1. The first-order valence-electron chi connectivity index (χ1n) is 9.46. The highest BCUT2D eigenvalue weighted by Gasteiger charge is 2.35. The molecule has 1 fully saturated rings. The van der Waals surface area contributed by atoms with Gasteiger partial charge in [0.2, 0.25) is 15.9 Å². The molecule has 10 heteroatoms. The van der Waals surface area contributed by atoms with Gasteiger partial charge in [-0.1, -0.05) is 11.6 Å². The Morgan fingerprint density at radius 2 is 2.06 bits per heavy atom. The lowest BCUT2D eigenvalue weighted by atomic mass is 9.99. The van der Waals surface area contributed by atoms with Crippen LogP contribution in [0.15, 0.2) is 48.0 Å². The van der Waals surface area contributed by atoms with Crippen molar-refractivity contribution in [2.24, 2.45) is 0 Å². The van der Waals surface area contributed by atoms with Crippen LogP contribution >= 0.6 is 22.9 Å². The zero-order chi connectivity index (χ0) is 22.1. The number of aliphatic hydroxyl groups is 1. The lowest BCUT2D eigenvalue weighted by molar-refractivity contribution is -0.184. The van der Waals surface area contributed by atoms with Gasteiger partial charge in [0.25, 0.3) is 0 Å². The number of thiophene rings is 1. The van der Waals surface area contributed by atoms with Gasteiger partial charge in [-0.05, 0) is 46.8 Å². The molecule has 1 aliphatic rings. The van der Waals surface area contributed by atoms with E-state index in [-0.39, 0.29) is 0 Å². The lowest BCUT2D eigenvalue weighted by Gasteiger charge is -2.36. The van der Waals surface area contributed by atoms with E-state index in [1.165, 1.54) is 11.3 Å². The van der Waals surface area contributed by atoms with Crippen LogP contribution in [0.1, 0.15) is 6.42 Å². The number of rotatable bonds is 8. The quantitative estimate of drug-likeness (QED) is 0.505. The summed E-state index contributed by atoms with van der Waals surface area (Å²) in [6.45, 7) is 1.04. The van der Waals surface area contributed by atoms with Crippen molar-refractivity contribution in [1.29, 1.82) is 0 Å². The van der Waals surface area contributed by atoms with Gasteiger partial charge >= 0.3 is 0 Å². The Morgan fingerprint density at radius 3 is 2.74 bits per heavy atom. The minimum atomic E-state index is -3.36. The molecule has 4 rings (SSSR count). The summed E-state index contributed by atoms with van der Waals surface area (Å²) in [6.07, 6.45) is 3.27. The smallest absolute Gasteiger partial charge is 0.229 e. The molecule has 0 bridgehead atoms. The van der Waals surface area contributed by atoms with Crippen molar-refractivity contribution >= 4 is 38.6 Å². The van der Waals surface area contributed by atoms with Crippen LogP contribution in [0, 0.1) is 0 Å². The van der Waals surface area contributed by atoms with E-state index in [1.54, 1.807) is 24.4 Å². The topological polar surface area (TPSA) is 97.8 Å². The van der Waals surface area contributed by atoms with Crippen molar-refractivity contribution in [2.75, 3.05) is 30.8 Å². The van der Waals surface area contributed by atoms with Gasteiger partial charge in [-0.25, -0.2) is 13.4 Å². The third kappa shape index (κ3) is 5.55. The molecule has 0 unspecified atom stereocenters. The maximum Gasteiger partial charge on any atom is 0.229 e. The van der Waals surface area contributed by atoms with Crippen molar-refractivity contribution in [2.45, 2.75) is 12.0 Å². The molecule has 164 valence electrons. The first kappa shape index (κ1) is 22.0. The zero-order valence-corrected chi connectivity index (χ0v) is 19.1. The molecule has 7 nitrogen and oxygen atoms in total. The fourth-order valence-corrected chi connectivity index (χ4v) is 4.97. The van der Waals surface area contributed by atoms with Gasteiger partial charge in [0.05, 0.1) is 31.1 Å². The Labute approximate surface area is 189 Å². The van der Waals surface area contributed by atoms with E-state index in [9.17, 15) is 13.5 Å². The Balaban J connectivity index is 1.47. The van der Waals surface area contributed by atoms with Crippen molar-refractivity contribution in [1.82, 2.24) is 4.98 Å². The van der Waals surface area contributed by atoms with Gasteiger partial charge < -0.3 is 14.6 Å². The zero-order valence-electron chi connectivity index (χ0n) is 16.7. The minimum Gasteiger partial charge on any atom is -0.478 e. The molecule has 0 aliphatic carbocycles. The Hall–Kier alpha value is -2.17. The fourth-order valence-electron chi connectivity index (χ4n) is 3.12. The van der Waals surface area contributed by atoms with Crippen LogP contribution in [0.25, 0.3) is 21.6 Å². The van der Waals surface area contributed by atoms with Gasteiger partial charge in [-0.15, -0.1) is 11.3 Å². The molecule has 0 amide bonds. The summed E-state index contributed by atoms with van der Waals surface area (Å²) in [6, 6.07) is 10.8. The fraction of sp³-hybridized carbons (Fsp3) is 0.286. The van der Waals surface area contributed by atoms with Crippen molar-refractivity contribution in [3.8, 4) is 27.4 Å². The molecule has 0 radical (unpaired) electrons. The molecule has 0 spiro atoms. The van der Waals surface area contributed by atoms with Crippen LogP contribution in [0.5, 0.6) is 5.88 Å². The van der Waals surface area contributed by atoms with Crippen LogP contribution in [-0.2, 0) is 14.8 Å². The number of hydrogen-bond acceptors (Lipinski definition) is 7.